The fraction of sp³-hybridized carbons (Fsp3) is 0. The van der Waals surface area contributed by atoms with Crippen LogP contribution in [0.3, 0.4) is 0 Å². The molecule has 150 valence electrons. The number of benzene rings is 4. The van der Waals surface area contributed by atoms with Crippen LogP contribution >= 0.6 is 23.2 Å². The lowest BCUT2D eigenvalue weighted by atomic mass is 10.1. The van der Waals surface area contributed by atoms with Crippen molar-refractivity contribution >= 4 is 73.2 Å². The van der Waals surface area contributed by atoms with Crippen LogP contribution in [-0.2, 0) is 0 Å². The summed E-state index contributed by atoms with van der Waals surface area (Å²) >= 11 is 13.1. The number of nitrogens with zero attached hydrogens (tertiary/aromatic N) is 1. The van der Waals surface area contributed by atoms with Gasteiger partial charge in [0, 0.05) is 16.2 Å². The molecule has 0 bridgehead atoms. The van der Waals surface area contributed by atoms with Gasteiger partial charge in [0.15, 0.2) is 5.58 Å². The van der Waals surface area contributed by atoms with Crippen molar-refractivity contribution in [3.63, 3.8) is 0 Å². The third-order valence-corrected chi connectivity index (χ3v) is 6.31. The standard InChI is InChI=1S/C26H15Cl2NO2/c27-19-10-6-11-20(25(19)28)29(22-15-30-23-13-3-2-8-18(22)23)21-12-5-9-17-16-7-1-4-14-24(16)31-26(17)21/h1-15H. The number of fused-ring (bicyclic) bond motifs is 4. The molecule has 0 N–H and O–H groups in total. The van der Waals surface area contributed by atoms with Crippen LogP contribution in [0.2, 0.25) is 10.0 Å². The van der Waals surface area contributed by atoms with Gasteiger partial charge in [-0.3, -0.25) is 0 Å². The first-order chi connectivity index (χ1) is 15.2. The van der Waals surface area contributed by atoms with Crippen molar-refractivity contribution in [2.45, 2.75) is 0 Å². The van der Waals surface area contributed by atoms with Gasteiger partial charge in [-0.1, -0.05) is 71.7 Å². The molecule has 0 saturated carbocycles. The Labute approximate surface area is 188 Å². The molecule has 0 fully saturated rings. The number of rotatable bonds is 3. The van der Waals surface area contributed by atoms with Gasteiger partial charge in [-0.25, -0.2) is 0 Å². The molecule has 0 radical (unpaired) electrons. The van der Waals surface area contributed by atoms with E-state index in [0.29, 0.717) is 10.0 Å². The van der Waals surface area contributed by atoms with Gasteiger partial charge >= 0.3 is 0 Å². The Morgan fingerprint density at radius 3 is 2.13 bits per heavy atom. The van der Waals surface area contributed by atoms with Gasteiger partial charge in [0.1, 0.15) is 17.4 Å². The van der Waals surface area contributed by atoms with Crippen LogP contribution in [0.15, 0.2) is 100 Å². The van der Waals surface area contributed by atoms with Crippen molar-refractivity contribution in [1.29, 1.82) is 0 Å². The van der Waals surface area contributed by atoms with Crippen molar-refractivity contribution in [3.8, 4) is 0 Å². The second kappa shape index (κ2) is 7.09. The molecular weight excluding hydrogens is 429 g/mol. The summed E-state index contributed by atoms with van der Waals surface area (Å²) < 4.78 is 12.2. The van der Waals surface area contributed by atoms with Crippen LogP contribution in [0.5, 0.6) is 0 Å². The highest BCUT2D eigenvalue weighted by atomic mass is 35.5. The number of anilines is 3. The van der Waals surface area contributed by atoms with Crippen LogP contribution < -0.4 is 4.90 Å². The molecule has 0 aliphatic carbocycles. The van der Waals surface area contributed by atoms with Gasteiger partial charge in [0.2, 0.25) is 0 Å². The van der Waals surface area contributed by atoms with Crippen LogP contribution in [-0.4, -0.2) is 0 Å². The lowest BCUT2D eigenvalue weighted by Crippen LogP contribution is -2.10. The van der Waals surface area contributed by atoms with E-state index in [0.717, 1.165) is 50.0 Å². The molecule has 0 saturated heterocycles. The summed E-state index contributed by atoms with van der Waals surface area (Å²) in [6, 6.07) is 27.6. The van der Waals surface area contributed by atoms with Gasteiger partial charge in [-0.2, -0.15) is 0 Å². The summed E-state index contributed by atoms with van der Waals surface area (Å²) in [6.07, 6.45) is 1.74. The summed E-state index contributed by atoms with van der Waals surface area (Å²) in [5, 5.41) is 4.00. The second-order valence-electron chi connectivity index (χ2n) is 7.28. The summed E-state index contributed by atoms with van der Waals surface area (Å²) in [6.45, 7) is 0. The maximum atomic E-state index is 6.70. The Morgan fingerprint density at radius 1 is 0.581 bits per heavy atom. The van der Waals surface area contributed by atoms with Crippen molar-refractivity contribution < 1.29 is 8.83 Å². The van der Waals surface area contributed by atoms with E-state index < -0.39 is 0 Å². The predicted octanol–water partition coefficient (Wildman–Crippen LogP) is 9.11. The first kappa shape index (κ1) is 18.4. The molecule has 0 spiro atoms. The first-order valence-electron chi connectivity index (χ1n) is 9.83. The molecule has 0 unspecified atom stereocenters. The lowest BCUT2D eigenvalue weighted by Gasteiger charge is -2.25. The molecule has 6 aromatic rings. The van der Waals surface area contributed by atoms with Crippen LogP contribution in [0.25, 0.3) is 32.9 Å². The molecular formula is C26H15Cl2NO2. The van der Waals surface area contributed by atoms with E-state index in [4.69, 9.17) is 32.0 Å². The molecule has 0 aliphatic rings. The second-order valence-corrected chi connectivity index (χ2v) is 8.06. The fourth-order valence-corrected chi connectivity index (χ4v) is 4.48. The minimum absolute atomic E-state index is 0.461. The molecule has 6 rings (SSSR count). The van der Waals surface area contributed by atoms with Gasteiger partial charge < -0.3 is 13.7 Å². The normalized spacial score (nSPS) is 11.5. The smallest absolute Gasteiger partial charge is 0.159 e. The van der Waals surface area contributed by atoms with Crippen molar-refractivity contribution in [2.75, 3.05) is 4.90 Å². The Kier molecular flexibility index (Phi) is 4.20. The maximum Gasteiger partial charge on any atom is 0.159 e. The van der Waals surface area contributed by atoms with Crippen molar-refractivity contribution in [2.24, 2.45) is 0 Å². The number of hydrogen-bond acceptors (Lipinski definition) is 3. The van der Waals surface area contributed by atoms with Gasteiger partial charge in [-0.05, 0) is 36.4 Å². The topological polar surface area (TPSA) is 29.5 Å². The minimum Gasteiger partial charge on any atom is -0.462 e. The first-order valence-corrected chi connectivity index (χ1v) is 10.6. The van der Waals surface area contributed by atoms with E-state index in [1.807, 2.05) is 71.6 Å². The van der Waals surface area contributed by atoms with E-state index in [1.54, 1.807) is 12.3 Å². The Morgan fingerprint density at radius 2 is 1.26 bits per heavy atom. The summed E-state index contributed by atoms with van der Waals surface area (Å²) in [5.41, 5.74) is 4.84. The van der Waals surface area contributed by atoms with E-state index in [9.17, 15) is 0 Å². The monoisotopic (exact) mass is 443 g/mol. The third-order valence-electron chi connectivity index (χ3n) is 5.50. The van der Waals surface area contributed by atoms with E-state index >= 15 is 0 Å². The summed E-state index contributed by atoms with van der Waals surface area (Å²) in [4.78, 5) is 2.05. The van der Waals surface area contributed by atoms with E-state index in [2.05, 4.69) is 12.1 Å². The average molecular weight is 444 g/mol. The summed E-state index contributed by atoms with van der Waals surface area (Å²) in [5.74, 6) is 0. The van der Waals surface area contributed by atoms with Crippen LogP contribution in [0.1, 0.15) is 0 Å². The molecule has 0 atom stereocenters. The Hall–Kier alpha value is -3.40. The SMILES string of the molecule is Clc1cccc(N(c2coc3ccccc23)c2cccc3c2oc2ccccc23)c1Cl. The molecule has 0 aliphatic heterocycles. The largest absolute Gasteiger partial charge is 0.462 e. The number of halogens is 2. The maximum absolute atomic E-state index is 6.70. The fourth-order valence-electron chi connectivity index (χ4n) is 4.10. The molecule has 3 nitrogen and oxygen atoms in total. The molecule has 2 heterocycles. The highest BCUT2D eigenvalue weighted by Gasteiger charge is 2.24. The Bertz CT molecular complexity index is 1580. The van der Waals surface area contributed by atoms with Crippen molar-refractivity contribution in [1.82, 2.24) is 0 Å². The quantitative estimate of drug-likeness (QED) is 0.273. The van der Waals surface area contributed by atoms with Gasteiger partial charge in [0.05, 0.1) is 27.1 Å². The molecule has 0 amide bonds. The van der Waals surface area contributed by atoms with Gasteiger partial charge in [0.25, 0.3) is 0 Å². The van der Waals surface area contributed by atoms with E-state index in [1.165, 1.54) is 0 Å². The number of para-hydroxylation sites is 3. The van der Waals surface area contributed by atoms with E-state index in [-0.39, 0.29) is 0 Å². The number of hydrogen-bond donors (Lipinski definition) is 0. The van der Waals surface area contributed by atoms with Crippen LogP contribution in [0, 0.1) is 0 Å². The highest BCUT2D eigenvalue weighted by molar-refractivity contribution is 6.44. The molecule has 2 aromatic heterocycles. The lowest BCUT2D eigenvalue weighted by molar-refractivity contribution is 0.616. The summed E-state index contributed by atoms with van der Waals surface area (Å²) in [7, 11) is 0. The average Bonchev–Trinajstić information content (AvgIpc) is 3.39. The Balaban J connectivity index is 1.72. The molecule has 5 heteroatoms. The van der Waals surface area contributed by atoms with Crippen molar-refractivity contribution in [3.05, 3.63) is 101 Å². The zero-order valence-corrected chi connectivity index (χ0v) is 17.7. The number of furan rings is 2. The zero-order chi connectivity index (χ0) is 20.9. The highest BCUT2D eigenvalue weighted by Crippen LogP contribution is 2.47. The minimum atomic E-state index is 0.461. The van der Waals surface area contributed by atoms with Gasteiger partial charge in [-0.15, -0.1) is 0 Å². The third kappa shape index (κ3) is 2.82. The zero-order valence-electron chi connectivity index (χ0n) is 16.2. The predicted molar refractivity (Wildman–Crippen MR) is 128 cm³/mol. The van der Waals surface area contributed by atoms with Crippen LogP contribution in [0.4, 0.5) is 17.1 Å². The molecule has 4 aromatic carbocycles. The molecule has 31 heavy (non-hydrogen) atoms.